The van der Waals surface area contributed by atoms with E-state index < -0.39 is 0 Å². The average Bonchev–Trinajstić information content (AvgIpc) is 2.74. The molecule has 3 aromatic rings. The molecular formula is C24H21Br2ClN2O2. The summed E-state index contributed by atoms with van der Waals surface area (Å²) in [5.74, 6) is 0.265. The van der Waals surface area contributed by atoms with Crippen LogP contribution in [0.25, 0.3) is 0 Å². The monoisotopic (exact) mass is 562 g/mol. The number of aliphatic imine (C=N–C) groups is 1. The molecule has 0 saturated carbocycles. The Bertz CT molecular complexity index is 1090. The number of aryl methyl sites for hydroxylation is 2. The van der Waals surface area contributed by atoms with Crippen molar-refractivity contribution < 1.29 is 9.53 Å². The fraction of sp³-hybridized carbons (Fsp3) is 0.167. The molecule has 0 spiro atoms. The molecule has 4 nitrogen and oxygen atoms in total. The van der Waals surface area contributed by atoms with E-state index in [0.717, 1.165) is 32.2 Å². The molecule has 0 heterocycles. The fourth-order valence-electron chi connectivity index (χ4n) is 2.76. The van der Waals surface area contributed by atoms with Crippen LogP contribution in [0.2, 0.25) is 5.02 Å². The van der Waals surface area contributed by atoms with Gasteiger partial charge in [-0.05, 0) is 98.3 Å². The van der Waals surface area contributed by atoms with Crippen LogP contribution in [0.15, 0.2) is 68.5 Å². The van der Waals surface area contributed by atoms with Crippen LogP contribution in [-0.2, 0) is 11.2 Å². The van der Waals surface area contributed by atoms with Crippen molar-refractivity contribution in [2.24, 2.45) is 4.99 Å². The van der Waals surface area contributed by atoms with E-state index in [9.17, 15) is 4.79 Å². The number of ether oxygens (including phenoxy) is 1. The Hall–Kier alpha value is -2.15. The van der Waals surface area contributed by atoms with Gasteiger partial charge in [0.15, 0.2) is 6.61 Å². The van der Waals surface area contributed by atoms with Gasteiger partial charge in [-0.1, -0.05) is 36.7 Å². The van der Waals surface area contributed by atoms with Crippen LogP contribution in [0.3, 0.4) is 0 Å². The van der Waals surface area contributed by atoms with Gasteiger partial charge in [0.1, 0.15) is 5.75 Å². The van der Waals surface area contributed by atoms with E-state index >= 15 is 0 Å². The number of halogens is 3. The van der Waals surface area contributed by atoms with Gasteiger partial charge in [-0.3, -0.25) is 9.79 Å². The molecule has 31 heavy (non-hydrogen) atoms. The summed E-state index contributed by atoms with van der Waals surface area (Å²) in [5, 5.41) is 3.38. The number of rotatable bonds is 7. The van der Waals surface area contributed by atoms with Crippen molar-refractivity contribution in [3.63, 3.8) is 0 Å². The highest BCUT2D eigenvalue weighted by Crippen LogP contribution is 2.34. The van der Waals surface area contributed by atoms with Crippen molar-refractivity contribution in [1.29, 1.82) is 0 Å². The van der Waals surface area contributed by atoms with Crippen LogP contribution in [0.4, 0.5) is 11.4 Å². The zero-order chi connectivity index (χ0) is 22.4. The standard InChI is InChI=1S/C24H21Br2ClN2O2/c1-3-16-5-8-18(9-6-16)28-13-17-10-20(25)24(21(26)11-17)31-14-23(30)29-19-7-4-15(2)22(27)12-19/h4-13H,3,14H2,1-2H3,(H,29,30). The molecule has 0 aliphatic rings. The maximum Gasteiger partial charge on any atom is 0.262 e. The number of benzene rings is 3. The molecule has 3 rings (SSSR count). The lowest BCUT2D eigenvalue weighted by atomic mass is 10.1. The number of hydrogen-bond donors (Lipinski definition) is 1. The van der Waals surface area contributed by atoms with E-state index in [1.807, 2.05) is 37.3 Å². The fourth-order valence-corrected chi connectivity index (χ4v) is 4.40. The molecule has 3 aromatic carbocycles. The number of anilines is 1. The third kappa shape index (κ3) is 6.66. The largest absolute Gasteiger partial charge is 0.481 e. The van der Waals surface area contributed by atoms with Gasteiger partial charge >= 0.3 is 0 Å². The lowest BCUT2D eigenvalue weighted by Crippen LogP contribution is -2.20. The van der Waals surface area contributed by atoms with Crippen LogP contribution >= 0.6 is 43.5 Å². The minimum Gasteiger partial charge on any atom is -0.481 e. The Morgan fingerprint density at radius 2 is 1.77 bits per heavy atom. The van der Waals surface area contributed by atoms with Crippen molar-refractivity contribution in [3.05, 3.63) is 85.3 Å². The molecule has 0 aliphatic heterocycles. The van der Waals surface area contributed by atoms with Gasteiger partial charge in [0.05, 0.1) is 14.6 Å². The Labute approximate surface area is 203 Å². The molecule has 0 fully saturated rings. The highest BCUT2D eigenvalue weighted by atomic mass is 79.9. The molecule has 7 heteroatoms. The lowest BCUT2D eigenvalue weighted by molar-refractivity contribution is -0.118. The van der Waals surface area contributed by atoms with Gasteiger partial charge in [0.25, 0.3) is 5.91 Å². The summed E-state index contributed by atoms with van der Waals surface area (Å²) in [4.78, 5) is 16.8. The average molecular weight is 565 g/mol. The first-order valence-electron chi connectivity index (χ1n) is 9.66. The number of carbonyl (C=O) groups is 1. The number of nitrogens with one attached hydrogen (secondary N) is 1. The highest BCUT2D eigenvalue weighted by molar-refractivity contribution is 9.11. The first-order valence-corrected chi connectivity index (χ1v) is 11.6. The Morgan fingerprint density at radius 3 is 2.39 bits per heavy atom. The topological polar surface area (TPSA) is 50.7 Å². The molecule has 160 valence electrons. The highest BCUT2D eigenvalue weighted by Gasteiger charge is 2.11. The molecule has 0 aliphatic carbocycles. The number of hydrogen-bond acceptors (Lipinski definition) is 3. The second kappa shape index (κ2) is 10.9. The van der Waals surface area contributed by atoms with E-state index in [1.165, 1.54) is 5.56 Å². The molecule has 0 bridgehead atoms. The normalized spacial score (nSPS) is 11.0. The summed E-state index contributed by atoms with van der Waals surface area (Å²) in [6.45, 7) is 3.89. The summed E-state index contributed by atoms with van der Waals surface area (Å²) in [5.41, 5.74) is 4.63. The van der Waals surface area contributed by atoms with Crippen LogP contribution in [0.1, 0.15) is 23.6 Å². The zero-order valence-electron chi connectivity index (χ0n) is 17.1. The van der Waals surface area contributed by atoms with Crippen molar-refractivity contribution in [2.75, 3.05) is 11.9 Å². The summed E-state index contributed by atoms with van der Waals surface area (Å²) in [6.07, 6.45) is 2.79. The minimum atomic E-state index is -0.278. The van der Waals surface area contributed by atoms with Crippen LogP contribution in [0.5, 0.6) is 5.75 Å². The van der Waals surface area contributed by atoms with Gasteiger partial charge < -0.3 is 10.1 Å². The van der Waals surface area contributed by atoms with E-state index in [1.54, 1.807) is 18.3 Å². The predicted octanol–water partition coefficient (Wildman–Crippen LogP) is 7.50. The second-order valence-corrected chi connectivity index (χ2v) is 9.01. The van der Waals surface area contributed by atoms with Crippen LogP contribution in [0, 0.1) is 6.92 Å². The van der Waals surface area contributed by atoms with Crippen LogP contribution < -0.4 is 10.1 Å². The van der Waals surface area contributed by atoms with E-state index in [2.05, 4.69) is 61.2 Å². The maximum absolute atomic E-state index is 12.2. The third-order valence-electron chi connectivity index (χ3n) is 4.53. The molecular weight excluding hydrogens is 544 g/mol. The molecule has 0 aromatic heterocycles. The minimum absolute atomic E-state index is 0.139. The van der Waals surface area contributed by atoms with Crippen LogP contribution in [-0.4, -0.2) is 18.7 Å². The smallest absolute Gasteiger partial charge is 0.262 e. The van der Waals surface area contributed by atoms with Crippen molar-refractivity contribution in [3.8, 4) is 5.75 Å². The Morgan fingerprint density at radius 1 is 1.10 bits per heavy atom. The number of carbonyl (C=O) groups excluding carboxylic acids is 1. The molecule has 0 radical (unpaired) electrons. The predicted molar refractivity (Wildman–Crippen MR) is 135 cm³/mol. The van der Waals surface area contributed by atoms with Gasteiger partial charge in [0, 0.05) is 16.9 Å². The maximum atomic E-state index is 12.2. The van der Waals surface area contributed by atoms with E-state index in [4.69, 9.17) is 16.3 Å². The summed E-state index contributed by atoms with van der Waals surface area (Å²) in [7, 11) is 0. The molecule has 1 amide bonds. The second-order valence-electron chi connectivity index (χ2n) is 6.89. The third-order valence-corrected chi connectivity index (χ3v) is 6.12. The van der Waals surface area contributed by atoms with Crippen molar-refractivity contribution in [1.82, 2.24) is 0 Å². The molecule has 0 unspecified atom stereocenters. The molecule has 1 N–H and O–H groups in total. The van der Waals surface area contributed by atoms with Crippen molar-refractivity contribution >= 4 is 67.0 Å². The Balaban J connectivity index is 1.63. The quantitative estimate of drug-likeness (QED) is 0.302. The van der Waals surface area contributed by atoms with E-state index in [-0.39, 0.29) is 12.5 Å². The first kappa shape index (κ1) is 23.5. The lowest BCUT2D eigenvalue weighted by Gasteiger charge is -2.12. The number of nitrogens with zero attached hydrogens (tertiary/aromatic N) is 1. The SMILES string of the molecule is CCc1ccc(N=Cc2cc(Br)c(OCC(=O)Nc3ccc(C)c(Cl)c3)c(Br)c2)cc1. The van der Waals surface area contributed by atoms with Gasteiger partial charge in [-0.15, -0.1) is 0 Å². The van der Waals surface area contributed by atoms with Gasteiger partial charge in [-0.2, -0.15) is 0 Å². The van der Waals surface area contributed by atoms with Gasteiger partial charge in [0.2, 0.25) is 0 Å². The zero-order valence-corrected chi connectivity index (χ0v) is 21.0. The molecule has 0 atom stereocenters. The van der Waals surface area contributed by atoms with Crippen molar-refractivity contribution in [2.45, 2.75) is 20.3 Å². The van der Waals surface area contributed by atoms with Gasteiger partial charge in [-0.25, -0.2) is 0 Å². The first-order chi connectivity index (χ1) is 14.9. The summed E-state index contributed by atoms with van der Waals surface area (Å²) >= 11 is 13.1. The molecule has 0 saturated heterocycles. The number of amides is 1. The van der Waals surface area contributed by atoms with E-state index in [0.29, 0.717) is 16.5 Å². The summed E-state index contributed by atoms with van der Waals surface area (Å²) in [6, 6.07) is 17.3. The Kier molecular flexibility index (Phi) is 8.29. The summed E-state index contributed by atoms with van der Waals surface area (Å²) < 4.78 is 7.15.